The highest BCUT2D eigenvalue weighted by Crippen LogP contribution is 2.29. The molecular formula is C23H19ClN2O2. The lowest BCUT2D eigenvalue weighted by atomic mass is 10.1. The van der Waals surface area contributed by atoms with Gasteiger partial charge in [0.1, 0.15) is 5.58 Å². The maximum atomic E-state index is 13.0. The van der Waals surface area contributed by atoms with Gasteiger partial charge in [-0.2, -0.15) is 0 Å². The predicted molar refractivity (Wildman–Crippen MR) is 113 cm³/mol. The quantitative estimate of drug-likeness (QED) is 0.472. The number of hydrogen-bond acceptors (Lipinski definition) is 3. The summed E-state index contributed by atoms with van der Waals surface area (Å²) in [5.74, 6) is 0.355. The van der Waals surface area contributed by atoms with Crippen LogP contribution in [0.25, 0.3) is 21.7 Å². The van der Waals surface area contributed by atoms with Crippen LogP contribution >= 0.6 is 11.6 Å². The number of carbonyl (C=O) groups excluding carboxylic acids is 1. The van der Waals surface area contributed by atoms with E-state index in [-0.39, 0.29) is 5.91 Å². The summed E-state index contributed by atoms with van der Waals surface area (Å²) in [5, 5.41) is 3.96. The van der Waals surface area contributed by atoms with Gasteiger partial charge in [-0.1, -0.05) is 48.0 Å². The van der Waals surface area contributed by atoms with Gasteiger partial charge in [0.15, 0.2) is 5.76 Å². The molecule has 5 rings (SSSR count). The second-order valence-corrected chi connectivity index (χ2v) is 7.50. The number of halogens is 1. The smallest absolute Gasteiger partial charge is 0.289 e. The molecule has 1 aliphatic rings. The average molecular weight is 391 g/mol. The van der Waals surface area contributed by atoms with Gasteiger partial charge in [0.05, 0.1) is 0 Å². The molecule has 3 aromatic carbocycles. The van der Waals surface area contributed by atoms with Crippen LogP contribution in [0.4, 0.5) is 5.69 Å². The van der Waals surface area contributed by atoms with E-state index in [1.54, 1.807) is 0 Å². The first-order chi connectivity index (χ1) is 13.7. The summed E-state index contributed by atoms with van der Waals surface area (Å²) < 4.78 is 5.90. The van der Waals surface area contributed by atoms with Gasteiger partial charge in [0, 0.05) is 42.3 Å². The molecule has 1 amide bonds. The van der Waals surface area contributed by atoms with Crippen LogP contribution in [0.5, 0.6) is 0 Å². The fourth-order valence-electron chi connectivity index (χ4n) is 3.89. The molecule has 28 heavy (non-hydrogen) atoms. The van der Waals surface area contributed by atoms with Crippen molar-refractivity contribution in [3.05, 3.63) is 77.5 Å². The van der Waals surface area contributed by atoms with Gasteiger partial charge < -0.3 is 14.2 Å². The maximum Gasteiger partial charge on any atom is 0.289 e. The molecule has 1 aromatic heterocycles. The fourth-order valence-corrected chi connectivity index (χ4v) is 4.08. The summed E-state index contributed by atoms with van der Waals surface area (Å²) in [5.41, 5.74) is 1.84. The Kier molecular flexibility index (Phi) is 4.21. The summed E-state index contributed by atoms with van der Waals surface area (Å²) >= 11 is 6.10. The molecule has 5 heteroatoms. The normalized spacial score (nSPS) is 14.8. The molecule has 0 bridgehead atoms. The van der Waals surface area contributed by atoms with Gasteiger partial charge in [-0.15, -0.1) is 0 Å². The molecule has 1 aliphatic heterocycles. The van der Waals surface area contributed by atoms with E-state index in [4.69, 9.17) is 16.0 Å². The number of fused-ring (bicyclic) bond motifs is 3. The van der Waals surface area contributed by atoms with E-state index in [9.17, 15) is 4.79 Å². The number of carbonyl (C=O) groups is 1. The molecule has 4 nitrogen and oxygen atoms in total. The Morgan fingerprint density at radius 1 is 0.857 bits per heavy atom. The lowest BCUT2D eigenvalue weighted by Crippen LogP contribution is -2.48. The van der Waals surface area contributed by atoms with Crippen molar-refractivity contribution in [2.45, 2.75) is 0 Å². The van der Waals surface area contributed by atoms with Crippen molar-refractivity contribution in [1.29, 1.82) is 0 Å². The van der Waals surface area contributed by atoms with Gasteiger partial charge >= 0.3 is 0 Å². The molecule has 140 valence electrons. The van der Waals surface area contributed by atoms with Crippen molar-refractivity contribution in [3.8, 4) is 0 Å². The van der Waals surface area contributed by atoms with E-state index in [1.165, 1.54) is 0 Å². The minimum absolute atomic E-state index is 0.0500. The van der Waals surface area contributed by atoms with Crippen molar-refractivity contribution in [3.63, 3.8) is 0 Å². The first kappa shape index (κ1) is 17.1. The second kappa shape index (κ2) is 6.88. The monoisotopic (exact) mass is 390 g/mol. The first-order valence-corrected chi connectivity index (χ1v) is 9.78. The van der Waals surface area contributed by atoms with E-state index in [1.807, 2.05) is 59.5 Å². The van der Waals surface area contributed by atoms with Crippen molar-refractivity contribution >= 4 is 44.9 Å². The number of rotatable bonds is 2. The lowest BCUT2D eigenvalue weighted by molar-refractivity contribution is 0.0717. The molecule has 0 N–H and O–H groups in total. The zero-order valence-electron chi connectivity index (χ0n) is 15.3. The highest BCUT2D eigenvalue weighted by molar-refractivity contribution is 6.30. The zero-order chi connectivity index (χ0) is 19.1. The van der Waals surface area contributed by atoms with E-state index < -0.39 is 0 Å². The van der Waals surface area contributed by atoms with E-state index >= 15 is 0 Å². The van der Waals surface area contributed by atoms with Gasteiger partial charge in [0.25, 0.3) is 5.91 Å². The summed E-state index contributed by atoms with van der Waals surface area (Å²) in [6, 6.07) is 21.8. The number of piperazine rings is 1. The number of amides is 1. The molecule has 1 fully saturated rings. The summed E-state index contributed by atoms with van der Waals surface area (Å²) in [4.78, 5) is 17.1. The van der Waals surface area contributed by atoms with Crippen molar-refractivity contribution in [1.82, 2.24) is 4.90 Å². The summed E-state index contributed by atoms with van der Waals surface area (Å²) in [7, 11) is 0. The highest BCUT2D eigenvalue weighted by atomic mass is 35.5. The lowest BCUT2D eigenvalue weighted by Gasteiger charge is -2.35. The Labute approximate surface area is 167 Å². The van der Waals surface area contributed by atoms with Crippen LogP contribution in [0, 0.1) is 0 Å². The Morgan fingerprint density at radius 2 is 1.68 bits per heavy atom. The molecule has 2 heterocycles. The van der Waals surface area contributed by atoms with Crippen LogP contribution in [0.2, 0.25) is 5.02 Å². The standard InChI is InChI=1S/C23H19ClN2O2/c24-17-5-3-6-18(14-17)25-10-12-26(13-11-25)23(27)22-15-20-19-7-2-1-4-16(19)8-9-21(20)28-22/h1-9,14-15H,10-13H2. The topological polar surface area (TPSA) is 36.7 Å². The van der Waals surface area contributed by atoms with Gasteiger partial charge in [0.2, 0.25) is 0 Å². The van der Waals surface area contributed by atoms with Crippen LogP contribution in [0.1, 0.15) is 10.6 Å². The largest absolute Gasteiger partial charge is 0.451 e. The van der Waals surface area contributed by atoms with E-state index in [2.05, 4.69) is 17.0 Å². The summed E-state index contributed by atoms with van der Waals surface area (Å²) in [6.45, 7) is 2.86. The molecule has 0 atom stereocenters. The molecule has 0 radical (unpaired) electrons. The minimum atomic E-state index is -0.0500. The number of hydrogen-bond donors (Lipinski definition) is 0. The fraction of sp³-hybridized carbons (Fsp3) is 0.174. The van der Waals surface area contributed by atoms with Crippen molar-refractivity contribution in [2.75, 3.05) is 31.1 Å². The second-order valence-electron chi connectivity index (χ2n) is 7.07. The van der Waals surface area contributed by atoms with Crippen LogP contribution in [0.15, 0.2) is 71.1 Å². The van der Waals surface area contributed by atoms with Gasteiger partial charge in [-0.3, -0.25) is 4.79 Å². The Balaban J connectivity index is 1.36. The zero-order valence-corrected chi connectivity index (χ0v) is 16.0. The molecule has 0 unspecified atom stereocenters. The molecule has 0 spiro atoms. The third-order valence-electron chi connectivity index (χ3n) is 5.38. The van der Waals surface area contributed by atoms with E-state index in [0.717, 1.165) is 45.5 Å². The SMILES string of the molecule is O=C(c1cc2c(ccc3ccccc32)o1)N1CCN(c2cccc(Cl)c2)CC1. The molecule has 0 saturated carbocycles. The van der Waals surface area contributed by atoms with E-state index in [0.29, 0.717) is 18.8 Å². The maximum absolute atomic E-state index is 13.0. The number of furan rings is 1. The van der Waals surface area contributed by atoms with Crippen molar-refractivity contribution in [2.24, 2.45) is 0 Å². The number of anilines is 1. The molecule has 4 aromatic rings. The van der Waals surface area contributed by atoms with Crippen LogP contribution in [0.3, 0.4) is 0 Å². The summed E-state index contributed by atoms with van der Waals surface area (Å²) in [6.07, 6.45) is 0. The van der Waals surface area contributed by atoms with Gasteiger partial charge in [-0.05, 0) is 41.1 Å². The molecule has 1 saturated heterocycles. The third-order valence-corrected chi connectivity index (χ3v) is 5.61. The van der Waals surface area contributed by atoms with Crippen LogP contribution < -0.4 is 4.90 Å². The third kappa shape index (κ3) is 3.00. The van der Waals surface area contributed by atoms with Gasteiger partial charge in [-0.25, -0.2) is 0 Å². The molecule has 0 aliphatic carbocycles. The first-order valence-electron chi connectivity index (χ1n) is 9.40. The average Bonchev–Trinajstić information content (AvgIpc) is 3.18. The Hall–Kier alpha value is -2.98. The molecular weight excluding hydrogens is 372 g/mol. The number of benzene rings is 3. The highest BCUT2D eigenvalue weighted by Gasteiger charge is 2.25. The minimum Gasteiger partial charge on any atom is -0.451 e. The van der Waals surface area contributed by atoms with Crippen LogP contribution in [-0.2, 0) is 0 Å². The number of nitrogens with zero attached hydrogens (tertiary/aromatic N) is 2. The Bertz CT molecular complexity index is 1180. The van der Waals surface area contributed by atoms with Crippen LogP contribution in [-0.4, -0.2) is 37.0 Å². The Morgan fingerprint density at radius 3 is 2.50 bits per heavy atom. The van der Waals surface area contributed by atoms with Crippen molar-refractivity contribution < 1.29 is 9.21 Å². The predicted octanol–water partition coefficient (Wildman–Crippen LogP) is 5.20.